The number of rotatable bonds is 7. The molecule has 0 radical (unpaired) electrons. The molecule has 0 aliphatic heterocycles. The van der Waals surface area contributed by atoms with Crippen LogP contribution in [0, 0.1) is 19.3 Å². The van der Waals surface area contributed by atoms with Crippen LogP contribution in [0.25, 0.3) is 0 Å². The van der Waals surface area contributed by atoms with Gasteiger partial charge in [-0.3, -0.25) is 0 Å². The molecular formula is C17H28O. The second kappa shape index (κ2) is 6.94. The van der Waals surface area contributed by atoms with E-state index in [1.807, 2.05) is 0 Å². The van der Waals surface area contributed by atoms with Crippen molar-refractivity contribution < 1.29 is 5.11 Å². The Kier molecular flexibility index (Phi) is 5.87. The van der Waals surface area contributed by atoms with E-state index in [-0.39, 0.29) is 5.41 Å². The molecule has 18 heavy (non-hydrogen) atoms. The van der Waals surface area contributed by atoms with Gasteiger partial charge in [0.2, 0.25) is 0 Å². The van der Waals surface area contributed by atoms with E-state index in [0.717, 1.165) is 19.3 Å². The predicted octanol–water partition coefficient (Wildman–Crippen LogP) is 4.42. The van der Waals surface area contributed by atoms with E-state index in [0.29, 0.717) is 6.61 Å². The standard InChI is InChI=1S/C17H28O/c1-5-7-8-17(6-2,13-18)12-16-10-14(3)9-15(4)11-16/h9-11,18H,5-8,12-13H2,1-4H3. The quantitative estimate of drug-likeness (QED) is 0.757. The van der Waals surface area contributed by atoms with Crippen molar-refractivity contribution in [3.8, 4) is 0 Å². The first-order chi connectivity index (χ1) is 8.55. The van der Waals surface area contributed by atoms with Crippen molar-refractivity contribution >= 4 is 0 Å². The zero-order chi connectivity index (χ0) is 13.6. The molecule has 0 aliphatic rings. The van der Waals surface area contributed by atoms with Crippen LogP contribution >= 0.6 is 0 Å². The molecule has 0 saturated carbocycles. The summed E-state index contributed by atoms with van der Waals surface area (Å²) in [5.41, 5.74) is 4.10. The molecule has 0 heterocycles. The summed E-state index contributed by atoms with van der Waals surface area (Å²) in [4.78, 5) is 0. The summed E-state index contributed by atoms with van der Waals surface area (Å²) in [6.07, 6.45) is 5.59. The second-order valence-corrected chi connectivity index (χ2v) is 5.79. The molecule has 1 aromatic carbocycles. The lowest BCUT2D eigenvalue weighted by atomic mass is 9.75. The average Bonchev–Trinajstić information content (AvgIpc) is 2.33. The van der Waals surface area contributed by atoms with Crippen LogP contribution in [0.4, 0.5) is 0 Å². The normalized spacial score (nSPS) is 14.5. The Morgan fingerprint density at radius 2 is 1.67 bits per heavy atom. The molecule has 1 aromatic rings. The molecule has 0 saturated heterocycles. The van der Waals surface area contributed by atoms with Gasteiger partial charge in [0.25, 0.3) is 0 Å². The predicted molar refractivity (Wildman–Crippen MR) is 79.0 cm³/mol. The number of hydrogen-bond acceptors (Lipinski definition) is 1. The molecule has 1 nitrogen and oxygen atoms in total. The van der Waals surface area contributed by atoms with Crippen molar-refractivity contribution in [1.29, 1.82) is 0 Å². The maximum atomic E-state index is 9.80. The first-order valence-corrected chi connectivity index (χ1v) is 7.23. The summed E-state index contributed by atoms with van der Waals surface area (Å²) in [5.74, 6) is 0. The van der Waals surface area contributed by atoms with Gasteiger partial charge in [0.15, 0.2) is 0 Å². The molecule has 1 rings (SSSR count). The number of aliphatic hydroxyl groups is 1. The zero-order valence-electron chi connectivity index (χ0n) is 12.4. The van der Waals surface area contributed by atoms with Crippen LogP contribution in [0.1, 0.15) is 56.2 Å². The lowest BCUT2D eigenvalue weighted by molar-refractivity contribution is 0.107. The second-order valence-electron chi connectivity index (χ2n) is 5.79. The molecule has 1 unspecified atom stereocenters. The average molecular weight is 248 g/mol. The van der Waals surface area contributed by atoms with Gasteiger partial charge in [0.1, 0.15) is 0 Å². The van der Waals surface area contributed by atoms with Gasteiger partial charge in [-0.25, -0.2) is 0 Å². The van der Waals surface area contributed by atoms with Crippen LogP contribution in [0.15, 0.2) is 18.2 Å². The largest absolute Gasteiger partial charge is 0.396 e. The molecule has 0 spiro atoms. The van der Waals surface area contributed by atoms with Gasteiger partial charge >= 0.3 is 0 Å². The van der Waals surface area contributed by atoms with E-state index in [1.165, 1.54) is 29.5 Å². The fraction of sp³-hybridized carbons (Fsp3) is 0.647. The maximum Gasteiger partial charge on any atom is 0.0490 e. The van der Waals surface area contributed by atoms with Crippen molar-refractivity contribution in [1.82, 2.24) is 0 Å². The van der Waals surface area contributed by atoms with Gasteiger partial charge in [-0.15, -0.1) is 0 Å². The Bertz CT molecular complexity index is 344. The minimum Gasteiger partial charge on any atom is -0.396 e. The molecule has 0 aromatic heterocycles. The van der Waals surface area contributed by atoms with E-state index in [1.54, 1.807) is 0 Å². The Hall–Kier alpha value is -0.820. The third kappa shape index (κ3) is 4.13. The van der Waals surface area contributed by atoms with Crippen molar-refractivity contribution in [3.63, 3.8) is 0 Å². The van der Waals surface area contributed by atoms with Crippen LogP contribution in [-0.2, 0) is 6.42 Å². The van der Waals surface area contributed by atoms with Gasteiger partial charge in [-0.1, -0.05) is 56.0 Å². The molecule has 1 heteroatoms. The monoisotopic (exact) mass is 248 g/mol. The highest BCUT2D eigenvalue weighted by Crippen LogP contribution is 2.33. The van der Waals surface area contributed by atoms with Crippen LogP contribution in [0.2, 0.25) is 0 Å². The molecule has 0 fully saturated rings. The minimum absolute atomic E-state index is 0.0796. The molecular weight excluding hydrogens is 220 g/mol. The van der Waals surface area contributed by atoms with Crippen molar-refractivity contribution in [2.75, 3.05) is 6.61 Å². The van der Waals surface area contributed by atoms with E-state index in [2.05, 4.69) is 45.9 Å². The highest BCUT2D eigenvalue weighted by atomic mass is 16.3. The summed E-state index contributed by atoms with van der Waals surface area (Å²) >= 11 is 0. The maximum absolute atomic E-state index is 9.80. The summed E-state index contributed by atoms with van der Waals surface area (Å²) in [6.45, 7) is 9.02. The van der Waals surface area contributed by atoms with Gasteiger partial charge in [0, 0.05) is 6.61 Å². The topological polar surface area (TPSA) is 20.2 Å². The summed E-state index contributed by atoms with van der Waals surface area (Å²) in [6, 6.07) is 6.74. The third-order valence-electron chi connectivity index (χ3n) is 4.01. The number of hydrogen-bond donors (Lipinski definition) is 1. The van der Waals surface area contributed by atoms with E-state index in [4.69, 9.17) is 0 Å². The Balaban J connectivity index is 2.88. The fourth-order valence-electron chi connectivity index (χ4n) is 2.79. The van der Waals surface area contributed by atoms with Crippen LogP contribution in [0.3, 0.4) is 0 Å². The molecule has 0 bridgehead atoms. The van der Waals surface area contributed by atoms with Crippen LogP contribution < -0.4 is 0 Å². The number of benzene rings is 1. The van der Waals surface area contributed by atoms with Crippen molar-refractivity contribution in [2.45, 2.75) is 59.8 Å². The molecule has 102 valence electrons. The van der Waals surface area contributed by atoms with Gasteiger partial charge in [0.05, 0.1) is 0 Å². The lowest BCUT2D eigenvalue weighted by Crippen LogP contribution is -2.27. The summed E-state index contributed by atoms with van der Waals surface area (Å²) in [7, 11) is 0. The number of aliphatic hydroxyl groups excluding tert-OH is 1. The van der Waals surface area contributed by atoms with Gasteiger partial charge in [-0.2, -0.15) is 0 Å². The lowest BCUT2D eigenvalue weighted by Gasteiger charge is -2.31. The van der Waals surface area contributed by atoms with Crippen molar-refractivity contribution in [2.24, 2.45) is 5.41 Å². The highest BCUT2D eigenvalue weighted by Gasteiger charge is 2.27. The molecule has 0 amide bonds. The number of aryl methyl sites for hydroxylation is 2. The zero-order valence-corrected chi connectivity index (χ0v) is 12.4. The number of unbranched alkanes of at least 4 members (excludes halogenated alkanes) is 1. The first kappa shape index (κ1) is 15.2. The summed E-state index contributed by atoms with van der Waals surface area (Å²) < 4.78 is 0. The molecule has 0 aliphatic carbocycles. The summed E-state index contributed by atoms with van der Waals surface area (Å²) in [5, 5.41) is 9.80. The fourth-order valence-corrected chi connectivity index (χ4v) is 2.79. The van der Waals surface area contributed by atoms with E-state index >= 15 is 0 Å². The van der Waals surface area contributed by atoms with Crippen LogP contribution in [0.5, 0.6) is 0 Å². The molecule has 1 atom stereocenters. The highest BCUT2D eigenvalue weighted by molar-refractivity contribution is 5.29. The Morgan fingerprint density at radius 3 is 2.11 bits per heavy atom. The van der Waals surface area contributed by atoms with E-state index in [9.17, 15) is 5.11 Å². The van der Waals surface area contributed by atoms with Gasteiger partial charge in [-0.05, 0) is 44.1 Å². The van der Waals surface area contributed by atoms with Crippen molar-refractivity contribution in [3.05, 3.63) is 34.9 Å². The van der Waals surface area contributed by atoms with E-state index < -0.39 is 0 Å². The molecule has 1 N–H and O–H groups in total. The third-order valence-corrected chi connectivity index (χ3v) is 4.01. The first-order valence-electron chi connectivity index (χ1n) is 7.23. The Morgan fingerprint density at radius 1 is 1.06 bits per heavy atom. The smallest absolute Gasteiger partial charge is 0.0490 e. The SMILES string of the molecule is CCCCC(CC)(CO)Cc1cc(C)cc(C)c1. The minimum atomic E-state index is 0.0796. The Labute approximate surface area is 112 Å². The van der Waals surface area contributed by atoms with Crippen LogP contribution in [-0.4, -0.2) is 11.7 Å². The van der Waals surface area contributed by atoms with Gasteiger partial charge < -0.3 is 5.11 Å².